The van der Waals surface area contributed by atoms with Crippen LogP contribution in [0.3, 0.4) is 0 Å². The van der Waals surface area contributed by atoms with E-state index in [2.05, 4.69) is 21.2 Å². The summed E-state index contributed by atoms with van der Waals surface area (Å²) in [7, 11) is 0. The molecule has 16 heavy (non-hydrogen) atoms. The molecule has 0 aromatic heterocycles. The van der Waals surface area contributed by atoms with Gasteiger partial charge in [0.25, 0.3) is 0 Å². The van der Waals surface area contributed by atoms with Crippen LogP contribution in [0.5, 0.6) is 0 Å². The number of ether oxygens (including phenoxy) is 1. The minimum atomic E-state index is -0.254. The fourth-order valence-corrected chi connectivity index (χ4v) is 1.62. The Hall–Kier alpha value is -0.490. The first kappa shape index (κ1) is 13.6. The van der Waals surface area contributed by atoms with Crippen LogP contribution in [0, 0.1) is 5.82 Å². The average molecular weight is 292 g/mol. The molecule has 0 bridgehead atoms. The highest BCUT2D eigenvalue weighted by atomic mass is 79.9. The van der Waals surface area contributed by atoms with Crippen molar-refractivity contribution < 1.29 is 14.2 Å². The van der Waals surface area contributed by atoms with Crippen LogP contribution in [0.1, 0.15) is 5.56 Å². The lowest BCUT2D eigenvalue weighted by atomic mass is 10.2. The molecule has 1 aromatic carbocycles. The molecule has 0 unspecified atom stereocenters. The number of aliphatic hydroxyl groups excluding tert-OH is 1. The van der Waals surface area contributed by atoms with E-state index in [4.69, 9.17) is 9.84 Å². The van der Waals surface area contributed by atoms with Gasteiger partial charge in [0.1, 0.15) is 5.82 Å². The molecule has 2 N–H and O–H groups in total. The van der Waals surface area contributed by atoms with E-state index in [1.54, 1.807) is 6.07 Å². The van der Waals surface area contributed by atoms with Gasteiger partial charge in [-0.2, -0.15) is 0 Å². The number of nitrogens with one attached hydrogen (secondary N) is 1. The molecule has 0 amide bonds. The van der Waals surface area contributed by atoms with Crippen LogP contribution in [0.25, 0.3) is 0 Å². The van der Waals surface area contributed by atoms with Crippen molar-refractivity contribution in [2.75, 3.05) is 26.4 Å². The smallest absolute Gasteiger partial charge is 0.137 e. The van der Waals surface area contributed by atoms with Gasteiger partial charge in [-0.1, -0.05) is 12.1 Å². The molecule has 1 aromatic rings. The first-order valence-corrected chi connectivity index (χ1v) is 5.87. The third-order valence-electron chi connectivity index (χ3n) is 2.01. The second kappa shape index (κ2) is 7.73. The Morgan fingerprint density at radius 1 is 1.38 bits per heavy atom. The van der Waals surface area contributed by atoms with Gasteiger partial charge in [-0.25, -0.2) is 4.39 Å². The zero-order valence-electron chi connectivity index (χ0n) is 8.88. The number of halogens is 2. The van der Waals surface area contributed by atoms with Crippen LogP contribution >= 0.6 is 15.9 Å². The fraction of sp³-hybridized carbons (Fsp3) is 0.455. The van der Waals surface area contributed by atoms with Crippen molar-refractivity contribution in [1.82, 2.24) is 5.32 Å². The third-order valence-corrected chi connectivity index (χ3v) is 2.89. The molecule has 0 spiro atoms. The molecule has 1 rings (SSSR count). The summed E-state index contributed by atoms with van der Waals surface area (Å²) in [5.41, 5.74) is 0.877. The first-order valence-electron chi connectivity index (χ1n) is 5.08. The lowest BCUT2D eigenvalue weighted by molar-refractivity contribution is 0.0938. The Kier molecular flexibility index (Phi) is 6.56. The van der Waals surface area contributed by atoms with Crippen LogP contribution < -0.4 is 5.32 Å². The zero-order valence-corrected chi connectivity index (χ0v) is 10.5. The summed E-state index contributed by atoms with van der Waals surface area (Å²) < 4.78 is 18.7. The Labute approximate surface area is 103 Å². The maximum atomic E-state index is 13.1. The van der Waals surface area contributed by atoms with Crippen LogP contribution in [0.15, 0.2) is 22.7 Å². The third kappa shape index (κ3) is 4.57. The summed E-state index contributed by atoms with van der Waals surface area (Å²) in [6, 6.07) is 4.95. The number of hydrogen-bond donors (Lipinski definition) is 2. The standard InChI is InChI=1S/C11H15BrFNO2/c12-11-9(2-1-3-10(11)13)8-14-4-6-16-7-5-15/h1-3,14-15H,4-8H2. The van der Waals surface area contributed by atoms with E-state index in [1.807, 2.05) is 6.07 Å². The molecule has 3 nitrogen and oxygen atoms in total. The van der Waals surface area contributed by atoms with E-state index < -0.39 is 0 Å². The highest BCUT2D eigenvalue weighted by Gasteiger charge is 2.03. The molecule has 0 radical (unpaired) electrons. The largest absolute Gasteiger partial charge is 0.394 e. The molecule has 0 fully saturated rings. The van der Waals surface area contributed by atoms with Crippen molar-refractivity contribution in [3.63, 3.8) is 0 Å². The number of aliphatic hydroxyl groups is 1. The summed E-state index contributed by atoms with van der Waals surface area (Å²) in [4.78, 5) is 0. The predicted octanol–water partition coefficient (Wildman–Crippen LogP) is 1.69. The topological polar surface area (TPSA) is 41.5 Å². The van der Waals surface area contributed by atoms with E-state index in [1.165, 1.54) is 6.07 Å². The predicted molar refractivity (Wildman–Crippen MR) is 63.7 cm³/mol. The van der Waals surface area contributed by atoms with Gasteiger partial charge in [0, 0.05) is 13.1 Å². The van der Waals surface area contributed by atoms with Crippen molar-refractivity contribution >= 4 is 15.9 Å². The number of benzene rings is 1. The SMILES string of the molecule is OCCOCCNCc1cccc(F)c1Br. The molecule has 0 saturated carbocycles. The Balaban J connectivity index is 2.24. The summed E-state index contributed by atoms with van der Waals surface area (Å²) in [5.74, 6) is -0.254. The van der Waals surface area contributed by atoms with Crippen molar-refractivity contribution in [2.24, 2.45) is 0 Å². The van der Waals surface area contributed by atoms with Crippen molar-refractivity contribution in [1.29, 1.82) is 0 Å². The van der Waals surface area contributed by atoms with E-state index in [9.17, 15) is 4.39 Å². The van der Waals surface area contributed by atoms with E-state index in [-0.39, 0.29) is 12.4 Å². The summed E-state index contributed by atoms with van der Waals surface area (Å²) >= 11 is 3.19. The Morgan fingerprint density at radius 3 is 2.94 bits per heavy atom. The quantitative estimate of drug-likeness (QED) is 0.751. The van der Waals surface area contributed by atoms with Crippen molar-refractivity contribution in [3.05, 3.63) is 34.1 Å². The minimum Gasteiger partial charge on any atom is -0.394 e. The van der Waals surface area contributed by atoms with E-state index in [0.29, 0.717) is 30.8 Å². The van der Waals surface area contributed by atoms with Gasteiger partial charge in [-0.05, 0) is 27.6 Å². The summed E-state index contributed by atoms with van der Waals surface area (Å²) in [6.45, 7) is 2.18. The Morgan fingerprint density at radius 2 is 2.19 bits per heavy atom. The molecule has 90 valence electrons. The maximum Gasteiger partial charge on any atom is 0.137 e. The van der Waals surface area contributed by atoms with Crippen LogP contribution in [-0.4, -0.2) is 31.5 Å². The van der Waals surface area contributed by atoms with E-state index in [0.717, 1.165) is 5.56 Å². The van der Waals surface area contributed by atoms with Gasteiger partial charge in [-0.15, -0.1) is 0 Å². The zero-order chi connectivity index (χ0) is 11.8. The summed E-state index contributed by atoms with van der Waals surface area (Å²) in [6.07, 6.45) is 0. The average Bonchev–Trinajstić information content (AvgIpc) is 2.29. The van der Waals surface area contributed by atoms with Gasteiger partial charge < -0.3 is 15.2 Å². The van der Waals surface area contributed by atoms with Crippen molar-refractivity contribution in [2.45, 2.75) is 6.54 Å². The number of rotatable bonds is 7. The first-order chi connectivity index (χ1) is 7.75. The lowest BCUT2D eigenvalue weighted by Crippen LogP contribution is -2.20. The minimum absolute atomic E-state index is 0.0371. The maximum absolute atomic E-state index is 13.1. The number of hydrogen-bond acceptors (Lipinski definition) is 3. The van der Waals surface area contributed by atoms with Gasteiger partial charge in [0.05, 0.1) is 24.3 Å². The molecule has 0 aliphatic carbocycles. The second-order valence-electron chi connectivity index (χ2n) is 3.23. The molecule has 0 aliphatic heterocycles. The van der Waals surface area contributed by atoms with Gasteiger partial charge in [-0.3, -0.25) is 0 Å². The fourth-order valence-electron chi connectivity index (χ4n) is 1.22. The summed E-state index contributed by atoms with van der Waals surface area (Å²) in [5, 5.41) is 11.6. The highest BCUT2D eigenvalue weighted by molar-refractivity contribution is 9.10. The molecule has 0 atom stereocenters. The van der Waals surface area contributed by atoms with Gasteiger partial charge in [0.2, 0.25) is 0 Å². The van der Waals surface area contributed by atoms with E-state index >= 15 is 0 Å². The monoisotopic (exact) mass is 291 g/mol. The van der Waals surface area contributed by atoms with Gasteiger partial charge >= 0.3 is 0 Å². The second-order valence-corrected chi connectivity index (χ2v) is 4.02. The van der Waals surface area contributed by atoms with Crippen LogP contribution in [0.4, 0.5) is 4.39 Å². The molecule has 0 aliphatic rings. The molecule has 0 heterocycles. The normalized spacial score (nSPS) is 10.7. The van der Waals surface area contributed by atoms with Gasteiger partial charge in [0.15, 0.2) is 0 Å². The molecule has 5 heteroatoms. The van der Waals surface area contributed by atoms with Crippen molar-refractivity contribution in [3.8, 4) is 0 Å². The molecular formula is C11H15BrFNO2. The Bertz CT molecular complexity index is 323. The van der Waals surface area contributed by atoms with Crippen LogP contribution in [-0.2, 0) is 11.3 Å². The molecular weight excluding hydrogens is 277 g/mol. The highest BCUT2D eigenvalue weighted by Crippen LogP contribution is 2.19. The van der Waals surface area contributed by atoms with Crippen LogP contribution in [0.2, 0.25) is 0 Å². The molecule has 0 saturated heterocycles. The lowest BCUT2D eigenvalue weighted by Gasteiger charge is -2.07.